The van der Waals surface area contributed by atoms with Crippen molar-refractivity contribution in [1.82, 2.24) is 0 Å². The summed E-state index contributed by atoms with van der Waals surface area (Å²) < 4.78 is 6.36. The number of para-hydroxylation sites is 1. The van der Waals surface area contributed by atoms with Crippen LogP contribution in [0.2, 0.25) is 0 Å². The van der Waals surface area contributed by atoms with Gasteiger partial charge in [0.2, 0.25) is 0 Å². The molecule has 24 heavy (non-hydrogen) atoms. The summed E-state index contributed by atoms with van der Waals surface area (Å²) in [5, 5.41) is 2.49. The smallest absolute Gasteiger partial charge is 0.158 e. The SMILES string of the molecule is Cc1ccc2c(oc3ccccc32)c1N1C2CCC(C)(CC2)[C@@H]1C. The molecule has 3 heterocycles. The number of hydrogen-bond donors (Lipinski definition) is 0. The molecule has 3 aromatic rings. The van der Waals surface area contributed by atoms with E-state index in [1.807, 2.05) is 0 Å². The lowest BCUT2D eigenvalue weighted by Gasteiger charge is -2.57. The van der Waals surface area contributed by atoms with Crippen molar-refractivity contribution < 1.29 is 4.42 Å². The summed E-state index contributed by atoms with van der Waals surface area (Å²) in [5.74, 6) is 0. The first-order chi connectivity index (χ1) is 11.6. The van der Waals surface area contributed by atoms with E-state index in [-0.39, 0.29) is 0 Å². The van der Waals surface area contributed by atoms with Crippen LogP contribution in [0.4, 0.5) is 5.69 Å². The first kappa shape index (κ1) is 14.4. The molecule has 0 radical (unpaired) electrons. The van der Waals surface area contributed by atoms with Gasteiger partial charge in [0, 0.05) is 22.9 Å². The van der Waals surface area contributed by atoms with E-state index in [1.54, 1.807) is 0 Å². The van der Waals surface area contributed by atoms with Crippen LogP contribution in [0.3, 0.4) is 0 Å². The van der Waals surface area contributed by atoms with Crippen LogP contribution in [-0.4, -0.2) is 12.1 Å². The highest BCUT2D eigenvalue weighted by Crippen LogP contribution is 2.52. The van der Waals surface area contributed by atoms with E-state index in [2.05, 4.69) is 62.1 Å². The average molecular weight is 319 g/mol. The maximum Gasteiger partial charge on any atom is 0.158 e. The standard InChI is InChI=1S/C22H25NO/c1-14-8-9-18-17-6-4-5-7-19(17)24-21(18)20(14)23-15(2)22(3)12-10-16(23)11-13-22/h4-9,15-16H,10-13H2,1-3H3/t15-,16?,22?/m0/s1. The maximum atomic E-state index is 6.36. The Bertz CT molecular complexity index is 930. The topological polar surface area (TPSA) is 16.4 Å². The van der Waals surface area contributed by atoms with Crippen molar-refractivity contribution >= 4 is 27.6 Å². The van der Waals surface area contributed by atoms with E-state index < -0.39 is 0 Å². The molecule has 2 aliphatic heterocycles. The van der Waals surface area contributed by atoms with Gasteiger partial charge in [-0.05, 0) is 56.6 Å². The van der Waals surface area contributed by atoms with Gasteiger partial charge in [0.15, 0.2) is 5.58 Å². The fraction of sp³-hybridized carbons (Fsp3) is 0.455. The largest absolute Gasteiger partial charge is 0.454 e. The van der Waals surface area contributed by atoms with Crippen LogP contribution < -0.4 is 4.90 Å². The molecule has 124 valence electrons. The highest BCUT2D eigenvalue weighted by molar-refractivity contribution is 6.09. The summed E-state index contributed by atoms with van der Waals surface area (Å²) in [4.78, 5) is 2.70. The van der Waals surface area contributed by atoms with E-state index >= 15 is 0 Å². The first-order valence-corrected chi connectivity index (χ1v) is 9.28. The molecule has 1 atom stereocenters. The molecule has 0 amide bonds. The third kappa shape index (κ3) is 1.77. The Morgan fingerprint density at radius 2 is 1.79 bits per heavy atom. The molecule has 0 spiro atoms. The number of piperidine rings is 2. The second-order valence-corrected chi connectivity index (χ2v) is 8.17. The zero-order chi connectivity index (χ0) is 16.5. The summed E-state index contributed by atoms with van der Waals surface area (Å²) in [5.41, 5.74) is 5.20. The second kappa shape index (κ2) is 4.78. The van der Waals surface area contributed by atoms with Crippen LogP contribution in [0.25, 0.3) is 21.9 Å². The number of aryl methyl sites for hydroxylation is 1. The number of nitrogens with zero attached hydrogens (tertiary/aromatic N) is 1. The van der Waals surface area contributed by atoms with E-state index in [0.29, 0.717) is 17.5 Å². The normalized spacial score (nSPS) is 29.7. The number of hydrogen-bond acceptors (Lipinski definition) is 2. The molecule has 2 bridgehead atoms. The first-order valence-electron chi connectivity index (χ1n) is 9.28. The van der Waals surface area contributed by atoms with Gasteiger partial charge < -0.3 is 9.32 Å². The minimum absolute atomic E-state index is 0.440. The molecule has 1 saturated carbocycles. The van der Waals surface area contributed by atoms with Crippen LogP contribution >= 0.6 is 0 Å². The molecule has 2 aromatic carbocycles. The Kier molecular flexibility index (Phi) is 2.87. The highest BCUT2D eigenvalue weighted by atomic mass is 16.3. The monoisotopic (exact) mass is 319 g/mol. The Hall–Kier alpha value is -1.96. The van der Waals surface area contributed by atoms with Crippen molar-refractivity contribution in [2.45, 2.75) is 58.5 Å². The Morgan fingerprint density at radius 3 is 2.58 bits per heavy atom. The molecule has 1 aromatic heterocycles. The number of benzene rings is 2. The highest BCUT2D eigenvalue weighted by Gasteiger charge is 2.48. The summed E-state index contributed by atoms with van der Waals surface area (Å²) in [6.45, 7) is 7.14. The Morgan fingerprint density at radius 1 is 1.04 bits per heavy atom. The molecule has 3 fully saturated rings. The molecule has 1 aliphatic carbocycles. The number of rotatable bonds is 1. The molecular weight excluding hydrogens is 294 g/mol. The van der Waals surface area contributed by atoms with Crippen LogP contribution in [-0.2, 0) is 0 Å². The van der Waals surface area contributed by atoms with Crippen molar-refractivity contribution in [1.29, 1.82) is 0 Å². The van der Waals surface area contributed by atoms with E-state index in [9.17, 15) is 0 Å². The second-order valence-electron chi connectivity index (χ2n) is 8.17. The predicted octanol–water partition coefficient (Wildman–Crippen LogP) is 6.05. The summed E-state index contributed by atoms with van der Waals surface area (Å²) >= 11 is 0. The van der Waals surface area contributed by atoms with E-state index in [0.717, 1.165) is 11.2 Å². The quantitative estimate of drug-likeness (QED) is 0.542. The zero-order valence-electron chi connectivity index (χ0n) is 14.8. The minimum Gasteiger partial charge on any atom is -0.454 e. The van der Waals surface area contributed by atoms with Gasteiger partial charge in [-0.1, -0.05) is 37.3 Å². The van der Waals surface area contributed by atoms with E-state index in [4.69, 9.17) is 4.42 Å². The van der Waals surface area contributed by atoms with E-state index in [1.165, 1.54) is 47.7 Å². The molecular formula is C22H25NO. The van der Waals surface area contributed by atoms with Crippen LogP contribution in [0.5, 0.6) is 0 Å². The van der Waals surface area contributed by atoms with Gasteiger partial charge in [0.1, 0.15) is 5.58 Å². The van der Waals surface area contributed by atoms with Crippen LogP contribution in [0.1, 0.15) is 45.1 Å². The van der Waals surface area contributed by atoms with Crippen molar-refractivity contribution in [3.63, 3.8) is 0 Å². The van der Waals surface area contributed by atoms with Gasteiger partial charge >= 0.3 is 0 Å². The predicted molar refractivity (Wildman–Crippen MR) is 101 cm³/mol. The molecule has 6 rings (SSSR count). The van der Waals surface area contributed by atoms with Crippen LogP contribution in [0, 0.1) is 12.3 Å². The maximum absolute atomic E-state index is 6.36. The van der Waals surface area contributed by atoms with Crippen molar-refractivity contribution in [3.05, 3.63) is 42.0 Å². The molecule has 0 unspecified atom stereocenters. The molecule has 2 nitrogen and oxygen atoms in total. The summed E-state index contributed by atoms with van der Waals surface area (Å²) in [6, 6.07) is 14.2. The lowest BCUT2D eigenvalue weighted by molar-refractivity contribution is 0.0967. The van der Waals surface area contributed by atoms with Crippen LogP contribution in [0.15, 0.2) is 40.8 Å². The van der Waals surface area contributed by atoms with Crippen molar-refractivity contribution in [2.24, 2.45) is 5.41 Å². The Labute approximate surface area is 143 Å². The van der Waals surface area contributed by atoms with Gasteiger partial charge in [-0.15, -0.1) is 0 Å². The third-order valence-electron chi connectivity index (χ3n) is 6.90. The summed E-state index contributed by atoms with van der Waals surface area (Å²) in [7, 11) is 0. The van der Waals surface area contributed by atoms with Gasteiger partial charge in [-0.2, -0.15) is 0 Å². The van der Waals surface area contributed by atoms with Gasteiger partial charge in [0.05, 0.1) is 5.69 Å². The lowest BCUT2D eigenvalue weighted by atomic mass is 9.64. The molecule has 2 heteroatoms. The fourth-order valence-electron chi connectivity index (χ4n) is 5.18. The minimum atomic E-state index is 0.440. The third-order valence-corrected chi connectivity index (χ3v) is 6.90. The van der Waals surface area contributed by atoms with Gasteiger partial charge in [-0.3, -0.25) is 0 Å². The summed E-state index contributed by atoms with van der Waals surface area (Å²) in [6.07, 6.45) is 5.36. The Balaban J connectivity index is 1.78. The number of anilines is 1. The average Bonchev–Trinajstić information content (AvgIpc) is 2.96. The molecule has 0 N–H and O–H groups in total. The van der Waals surface area contributed by atoms with Crippen molar-refractivity contribution in [3.8, 4) is 0 Å². The lowest BCUT2D eigenvalue weighted by Crippen LogP contribution is -2.59. The number of furan rings is 1. The molecule has 2 saturated heterocycles. The molecule has 3 aliphatic rings. The van der Waals surface area contributed by atoms with Gasteiger partial charge in [0.25, 0.3) is 0 Å². The number of fused-ring (bicyclic) bond motifs is 6. The fourth-order valence-corrected chi connectivity index (χ4v) is 5.18. The van der Waals surface area contributed by atoms with Gasteiger partial charge in [-0.25, -0.2) is 0 Å². The van der Waals surface area contributed by atoms with Crippen molar-refractivity contribution in [2.75, 3.05) is 4.90 Å². The zero-order valence-corrected chi connectivity index (χ0v) is 14.8.